The molecule has 1 rings (SSSR count). The number of hydrogen-bond donors (Lipinski definition) is 1. The lowest BCUT2D eigenvalue weighted by Gasteiger charge is -2.04. The SMILES string of the molecule is COc1ccc(Br)c(NC=O)c1. The van der Waals surface area contributed by atoms with Crippen LogP contribution in [0, 0.1) is 0 Å². The molecule has 1 N–H and O–H groups in total. The second kappa shape index (κ2) is 4.11. The minimum absolute atomic E-state index is 0.625. The maximum atomic E-state index is 10.2. The predicted molar refractivity (Wildman–Crippen MR) is 50.4 cm³/mol. The molecule has 4 heteroatoms. The van der Waals surface area contributed by atoms with Gasteiger partial charge in [-0.2, -0.15) is 0 Å². The molecule has 0 radical (unpaired) electrons. The van der Waals surface area contributed by atoms with E-state index in [4.69, 9.17) is 4.74 Å². The van der Waals surface area contributed by atoms with Crippen LogP contribution < -0.4 is 10.1 Å². The molecule has 0 heterocycles. The fraction of sp³-hybridized carbons (Fsp3) is 0.125. The predicted octanol–water partition coefficient (Wildman–Crippen LogP) is 2.03. The van der Waals surface area contributed by atoms with E-state index in [0.717, 1.165) is 4.47 Å². The first-order valence-corrected chi connectivity index (χ1v) is 4.11. The smallest absolute Gasteiger partial charge is 0.211 e. The summed E-state index contributed by atoms with van der Waals surface area (Å²) in [4.78, 5) is 10.2. The Morgan fingerprint density at radius 2 is 2.33 bits per heavy atom. The summed E-state index contributed by atoms with van der Waals surface area (Å²) in [5.74, 6) is 0.711. The van der Waals surface area contributed by atoms with Gasteiger partial charge >= 0.3 is 0 Å². The van der Waals surface area contributed by atoms with E-state index in [-0.39, 0.29) is 0 Å². The van der Waals surface area contributed by atoms with Crippen molar-refractivity contribution in [3.05, 3.63) is 22.7 Å². The number of halogens is 1. The number of anilines is 1. The normalized spacial score (nSPS) is 9.17. The van der Waals surface area contributed by atoms with Gasteiger partial charge in [0.25, 0.3) is 0 Å². The Hall–Kier alpha value is -1.03. The van der Waals surface area contributed by atoms with E-state index in [2.05, 4.69) is 21.2 Å². The van der Waals surface area contributed by atoms with Crippen LogP contribution in [0.5, 0.6) is 5.75 Å². The van der Waals surface area contributed by atoms with Gasteiger partial charge in [0, 0.05) is 10.5 Å². The summed E-state index contributed by atoms with van der Waals surface area (Å²) >= 11 is 3.28. The molecule has 1 amide bonds. The van der Waals surface area contributed by atoms with Crippen LogP contribution in [0.3, 0.4) is 0 Å². The third-order valence-electron chi connectivity index (χ3n) is 1.39. The van der Waals surface area contributed by atoms with Crippen molar-refractivity contribution in [2.24, 2.45) is 0 Å². The fourth-order valence-electron chi connectivity index (χ4n) is 0.805. The molecule has 12 heavy (non-hydrogen) atoms. The summed E-state index contributed by atoms with van der Waals surface area (Å²) < 4.78 is 5.81. The first-order chi connectivity index (χ1) is 5.77. The van der Waals surface area contributed by atoms with Crippen LogP contribution in [0.4, 0.5) is 5.69 Å². The van der Waals surface area contributed by atoms with Gasteiger partial charge in [0.15, 0.2) is 0 Å². The second-order valence-electron chi connectivity index (χ2n) is 2.11. The van der Waals surface area contributed by atoms with E-state index < -0.39 is 0 Å². The third kappa shape index (κ3) is 1.98. The molecule has 0 unspecified atom stereocenters. The van der Waals surface area contributed by atoms with Gasteiger partial charge in [-0.15, -0.1) is 0 Å². The van der Waals surface area contributed by atoms with Gasteiger partial charge in [-0.05, 0) is 28.1 Å². The largest absolute Gasteiger partial charge is 0.497 e. The van der Waals surface area contributed by atoms with Crippen molar-refractivity contribution in [3.63, 3.8) is 0 Å². The van der Waals surface area contributed by atoms with Crippen LogP contribution in [-0.4, -0.2) is 13.5 Å². The van der Waals surface area contributed by atoms with Gasteiger partial charge < -0.3 is 10.1 Å². The van der Waals surface area contributed by atoms with Crippen molar-refractivity contribution in [2.75, 3.05) is 12.4 Å². The Morgan fingerprint density at radius 3 is 2.92 bits per heavy atom. The van der Waals surface area contributed by atoms with E-state index in [1.54, 1.807) is 19.2 Å². The van der Waals surface area contributed by atoms with Crippen molar-refractivity contribution in [3.8, 4) is 5.75 Å². The lowest BCUT2D eigenvalue weighted by molar-refractivity contribution is -0.105. The maximum absolute atomic E-state index is 10.2. The summed E-state index contributed by atoms with van der Waals surface area (Å²) in [5.41, 5.74) is 0.698. The molecule has 3 nitrogen and oxygen atoms in total. The lowest BCUT2D eigenvalue weighted by Crippen LogP contribution is -1.95. The average molecular weight is 230 g/mol. The quantitative estimate of drug-likeness (QED) is 0.806. The van der Waals surface area contributed by atoms with Gasteiger partial charge in [-0.3, -0.25) is 4.79 Å². The number of amides is 1. The zero-order valence-corrected chi connectivity index (χ0v) is 8.09. The Bertz CT molecular complexity index is 288. The molecular formula is C8H8BrNO2. The van der Waals surface area contributed by atoms with Crippen molar-refractivity contribution in [1.82, 2.24) is 0 Å². The molecular weight excluding hydrogens is 222 g/mol. The van der Waals surface area contributed by atoms with Crippen LogP contribution in [0.15, 0.2) is 22.7 Å². The first-order valence-electron chi connectivity index (χ1n) is 3.31. The molecule has 1 aromatic rings. The molecule has 0 saturated heterocycles. The maximum Gasteiger partial charge on any atom is 0.211 e. The van der Waals surface area contributed by atoms with Crippen molar-refractivity contribution >= 4 is 28.0 Å². The summed E-state index contributed by atoms with van der Waals surface area (Å²) in [6.45, 7) is 0. The number of carbonyl (C=O) groups is 1. The van der Waals surface area contributed by atoms with Crippen molar-refractivity contribution in [1.29, 1.82) is 0 Å². The Labute approximate surface area is 78.9 Å². The lowest BCUT2D eigenvalue weighted by atomic mass is 10.3. The number of rotatable bonds is 3. The van der Waals surface area contributed by atoms with Gasteiger partial charge in [-0.25, -0.2) is 0 Å². The Balaban J connectivity index is 2.99. The topological polar surface area (TPSA) is 38.3 Å². The highest BCUT2D eigenvalue weighted by molar-refractivity contribution is 9.10. The number of carbonyl (C=O) groups excluding carboxylic acids is 1. The molecule has 0 aromatic heterocycles. The monoisotopic (exact) mass is 229 g/mol. The van der Waals surface area contributed by atoms with Crippen LogP contribution in [0.25, 0.3) is 0 Å². The number of benzene rings is 1. The molecule has 0 saturated carbocycles. The van der Waals surface area contributed by atoms with E-state index in [1.165, 1.54) is 0 Å². The van der Waals surface area contributed by atoms with Crippen LogP contribution in [0.2, 0.25) is 0 Å². The van der Waals surface area contributed by atoms with E-state index in [0.29, 0.717) is 17.8 Å². The van der Waals surface area contributed by atoms with Gasteiger partial charge in [0.1, 0.15) is 5.75 Å². The number of hydrogen-bond acceptors (Lipinski definition) is 2. The molecule has 0 aliphatic carbocycles. The van der Waals surface area contributed by atoms with Crippen molar-refractivity contribution < 1.29 is 9.53 Å². The summed E-state index contributed by atoms with van der Waals surface area (Å²) in [5, 5.41) is 2.54. The summed E-state index contributed by atoms with van der Waals surface area (Å²) in [6, 6.07) is 5.35. The number of nitrogens with one attached hydrogen (secondary N) is 1. The molecule has 0 fully saturated rings. The number of ether oxygens (including phenoxy) is 1. The molecule has 1 aromatic carbocycles. The van der Waals surface area contributed by atoms with Gasteiger partial charge in [0.05, 0.1) is 12.8 Å². The zero-order chi connectivity index (χ0) is 8.97. The van der Waals surface area contributed by atoms with Crippen LogP contribution >= 0.6 is 15.9 Å². The van der Waals surface area contributed by atoms with Gasteiger partial charge in [0.2, 0.25) is 6.41 Å². The fourth-order valence-corrected chi connectivity index (χ4v) is 1.17. The molecule has 0 spiro atoms. The van der Waals surface area contributed by atoms with Crippen molar-refractivity contribution in [2.45, 2.75) is 0 Å². The minimum atomic E-state index is 0.625. The third-order valence-corrected chi connectivity index (χ3v) is 2.08. The first kappa shape index (κ1) is 9.06. The molecule has 0 aliphatic heterocycles. The van der Waals surface area contributed by atoms with Gasteiger partial charge in [-0.1, -0.05) is 0 Å². The molecule has 0 aliphatic rings. The van der Waals surface area contributed by atoms with Crippen LogP contribution in [-0.2, 0) is 4.79 Å². The standard InChI is InChI=1S/C8H8BrNO2/c1-12-6-2-3-7(9)8(4-6)10-5-11/h2-5H,1H3,(H,10,11). The molecule has 0 bridgehead atoms. The van der Waals surface area contributed by atoms with E-state index in [1.807, 2.05) is 6.07 Å². The highest BCUT2D eigenvalue weighted by Gasteiger charge is 1.99. The highest BCUT2D eigenvalue weighted by Crippen LogP contribution is 2.26. The highest BCUT2D eigenvalue weighted by atomic mass is 79.9. The zero-order valence-electron chi connectivity index (χ0n) is 6.50. The second-order valence-corrected chi connectivity index (χ2v) is 2.96. The minimum Gasteiger partial charge on any atom is -0.497 e. The van der Waals surface area contributed by atoms with E-state index >= 15 is 0 Å². The summed E-state index contributed by atoms with van der Waals surface area (Å²) in [7, 11) is 1.58. The van der Waals surface area contributed by atoms with Crippen LogP contribution in [0.1, 0.15) is 0 Å². The number of methoxy groups -OCH3 is 1. The molecule has 64 valence electrons. The molecule has 0 atom stereocenters. The van der Waals surface area contributed by atoms with E-state index in [9.17, 15) is 4.79 Å². The summed E-state index contributed by atoms with van der Waals surface area (Å²) in [6.07, 6.45) is 0.625. The Kier molecular flexibility index (Phi) is 3.10. The Morgan fingerprint density at radius 1 is 1.58 bits per heavy atom. The average Bonchev–Trinajstić information content (AvgIpc) is 2.09.